The second-order valence-electron chi connectivity index (χ2n) is 5.31. The maximum Gasteiger partial charge on any atom is 0.271 e. The summed E-state index contributed by atoms with van der Waals surface area (Å²) in [7, 11) is 0. The highest BCUT2D eigenvalue weighted by molar-refractivity contribution is 9.10. The lowest BCUT2D eigenvalue weighted by Gasteiger charge is -2.05. The normalized spacial score (nSPS) is 10.9. The molecule has 0 saturated carbocycles. The SMILES string of the molecule is O=C(N/N=C\c1cc(Br)ccc1O)c1cccc(Cn2cccn2)c1. The van der Waals surface area contributed by atoms with Crippen LogP contribution in [0.15, 0.2) is 70.5 Å². The van der Waals surface area contributed by atoms with Crippen LogP contribution < -0.4 is 5.43 Å². The van der Waals surface area contributed by atoms with Crippen LogP contribution in [0.2, 0.25) is 0 Å². The molecule has 0 saturated heterocycles. The number of hydrazone groups is 1. The molecular weight excluding hydrogens is 384 g/mol. The number of nitrogens with one attached hydrogen (secondary N) is 1. The van der Waals surface area contributed by atoms with E-state index in [9.17, 15) is 9.90 Å². The summed E-state index contributed by atoms with van der Waals surface area (Å²) in [5, 5.41) is 17.8. The fourth-order valence-electron chi connectivity index (χ4n) is 2.25. The van der Waals surface area contributed by atoms with Gasteiger partial charge in [-0.05, 0) is 42.0 Å². The van der Waals surface area contributed by atoms with Crippen LogP contribution in [-0.4, -0.2) is 27.0 Å². The Balaban J connectivity index is 1.67. The Kier molecular flexibility index (Phi) is 5.25. The maximum absolute atomic E-state index is 12.2. The Morgan fingerprint density at radius 1 is 1.28 bits per heavy atom. The standard InChI is InChI=1S/C18H15BrN4O2/c19-16-5-6-17(24)15(10-16)11-20-22-18(25)14-4-1-3-13(9-14)12-23-8-2-7-21-23/h1-11,24H,12H2,(H,22,25)/b20-11-. The average Bonchev–Trinajstić information content (AvgIpc) is 3.11. The van der Waals surface area contributed by atoms with Gasteiger partial charge in [0.05, 0.1) is 12.8 Å². The van der Waals surface area contributed by atoms with E-state index in [4.69, 9.17) is 0 Å². The lowest BCUT2D eigenvalue weighted by molar-refractivity contribution is 0.0955. The van der Waals surface area contributed by atoms with E-state index in [1.54, 1.807) is 41.2 Å². The van der Waals surface area contributed by atoms with Crippen LogP contribution >= 0.6 is 15.9 Å². The topological polar surface area (TPSA) is 79.5 Å². The molecule has 2 aromatic carbocycles. The molecule has 0 fully saturated rings. The highest BCUT2D eigenvalue weighted by Gasteiger charge is 2.06. The quantitative estimate of drug-likeness (QED) is 0.511. The molecular formula is C18H15BrN4O2. The highest BCUT2D eigenvalue weighted by Crippen LogP contribution is 2.19. The number of aromatic nitrogens is 2. The zero-order valence-electron chi connectivity index (χ0n) is 13.1. The summed E-state index contributed by atoms with van der Waals surface area (Å²) >= 11 is 3.32. The van der Waals surface area contributed by atoms with Crippen LogP contribution in [0, 0.1) is 0 Å². The number of hydrogen-bond donors (Lipinski definition) is 2. The number of amides is 1. The van der Waals surface area contributed by atoms with Crippen LogP contribution in [0.3, 0.4) is 0 Å². The van der Waals surface area contributed by atoms with Crippen molar-refractivity contribution in [2.24, 2.45) is 5.10 Å². The number of halogens is 1. The largest absolute Gasteiger partial charge is 0.507 e. The third kappa shape index (κ3) is 4.54. The molecule has 1 amide bonds. The first-order chi connectivity index (χ1) is 12.1. The van der Waals surface area contributed by atoms with Crippen molar-refractivity contribution in [3.05, 3.63) is 82.1 Å². The van der Waals surface area contributed by atoms with Crippen molar-refractivity contribution in [1.82, 2.24) is 15.2 Å². The number of nitrogens with zero attached hydrogens (tertiary/aromatic N) is 3. The lowest BCUT2D eigenvalue weighted by Crippen LogP contribution is -2.18. The van der Waals surface area contributed by atoms with Gasteiger partial charge >= 0.3 is 0 Å². The minimum absolute atomic E-state index is 0.0856. The molecule has 6 nitrogen and oxygen atoms in total. The smallest absolute Gasteiger partial charge is 0.271 e. The fraction of sp³-hybridized carbons (Fsp3) is 0.0556. The van der Waals surface area contributed by atoms with E-state index in [2.05, 4.69) is 31.6 Å². The molecule has 1 heterocycles. The van der Waals surface area contributed by atoms with Gasteiger partial charge in [0, 0.05) is 28.0 Å². The second kappa shape index (κ2) is 7.76. The van der Waals surface area contributed by atoms with Gasteiger partial charge in [-0.15, -0.1) is 0 Å². The molecule has 0 atom stereocenters. The Bertz CT molecular complexity index is 907. The molecule has 7 heteroatoms. The van der Waals surface area contributed by atoms with Crippen LogP contribution in [0.25, 0.3) is 0 Å². The molecule has 1 aromatic heterocycles. The molecule has 0 aliphatic rings. The van der Waals surface area contributed by atoms with E-state index >= 15 is 0 Å². The van der Waals surface area contributed by atoms with Crippen LogP contribution in [0.1, 0.15) is 21.5 Å². The van der Waals surface area contributed by atoms with Gasteiger partial charge < -0.3 is 5.11 Å². The Hall–Kier alpha value is -2.93. The van der Waals surface area contributed by atoms with Gasteiger partial charge in [0.1, 0.15) is 5.75 Å². The van der Waals surface area contributed by atoms with Crippen molar-refractivity contribution in [2.45, 2.75) is 6.54 Å². The predicted octanol–water partition coefficient (Wildman–Crippen LogP) is 3.16. The van der Waals surface area contributed by atoms with Crippen molar-refractivity contribution in [2.75, 3.05) is 0 Å². The van der Waals surface area contributed by atoms with Gasteiger partial charge in [-0.1, -0.05) is 28.1 Å². The van der Waals surface area contributed by atoms with Gasteiger partial charge in [0.15, 0.2) is 0 Å². The summed E-state index contributed by atoms with van der Waals surface area (Å²) in [6.07, 6.45) is 4.97. The fourth-order valence-corrected chi connectivity index (χ4v) is 2.62. The van der Waals surface area contributed by atoms with Crippen molar-refractivity contribution in [1.29, 1.82) is 0 Å². The first-order valence-corrected chi connectivity index (χ1v) is 8.29. The summed E-state index contributed by atoms with van der Waals surface area (Å²) in [6, 6.07) is 14.1. The zero-order valence-corrected chi connectivity index (χ0v) is 14.7. The van der Waals surface area contributed by atoms with E-state index in [0.29, 0.717) is 17.7 Å². The minimum Gasteiger partial charge on any atom is -0.507 e. The third-order valence-corrected chi connectivity index (χ3v) is 3.95. The number of benzene rings is 2. The Labute approximate surface area is 152 Å². The summed E-state index contributed by atoms with van der Waals surface area (Å²) in [6.45, 7) is 0.587. The summed E-state index contributed by atoms with van der Waals surface area (Å²) in [5.74, 6) is -0.240. The van der Waals surface area contributed by atoms with Gasteiger partial charge in [-0.3, -0.25) is 9.48 Å². The first kappa shape index (κ1) is 16.9. The number of carbonyl (C=O) groups is 1. The van der Waals surface area contributed by atoms with E-state index in [0.717, 1.165) is 10.0 Å². The molecule has 0 aliphatic carbocycles. The molecule has 0 unspecified atom stereocenters. The van der Waals surface area contributed by atoms with Gasteiger partial charge in [0.2, 0.25) is 0 Å². The van der Waals surface area contributed by atoms with Crippen molar-refractivity contribution in [3.63, 3.8) is 0 Å². The number of phenols is 1. The third-order valence-electron chi connectivity index (χ3n) is 3.45. The number of aromatic hydroxyl groups is 1. The summed E-state index contributed by atoms with van der Waals surface area (Å²) in [5.41, 5.74) is 4.43. The van der Waals surface area contributed by atoms with Crippen molar-refractivity contribution < 1.29 is 9.90 Å². The summed E-state index contributed by atoms with van der Waals surface area (Å²) in [4.78, 5) is 12.2. The molecule has 0 bridgehead atoms. The van der Waals surface area contributed by atoms with Crippen LogP contribution in [0.5, 0.6) is 5.75 Å². The van der Waals surface area contributed by atoms with E-state index in [-0.39, 0.29) is 11.7 Å². The molecule has 0 radical (unpaired) electrons. The summed E-state index contributed by atoms with van der Waals surface area (Å²) < 4.78 is 2.59. The van der Waals surface area contributed by atoms with E-state index < -0.39 is 0 Å². The number of rotatable bonds is 5. The molecule has 3 rings (SSSR count). The van der Waals surface area contributed by atoms with E-state index in [1.807, 2.05) is 24.4 Å². The molecule has 0 aliphatic heterocycles. The zero-order chi connectivity index (χ0) is 17.6. The highest BCUT2D eigenvalue weighted by atomic mass is 79.9. The Morgan fingerprint density at radius 3 is 2.96 bits per heavy atom. The second-order valence-corrected chi connectivity index (χ2v) is 6.22. The minimum atomic E-state index is -0.326. The van der Waals surface area contributed by atoms with Gasteiger partial charge in [-0.25, -0.2) is 5.43 Å². The predicted molar refractivity (Wildman–Crippen MR) is 98.6 cm³/mol. The maximum atomic E-state index is 12.2. The molecule has 2 N–H and O–H groups in total. The molecule has 25 heavy (non-hydrogen) atoms. The van der Waals surface area contributed by atoms with Crippen LogP contribution in [-0.2, 0) is 6.54 Å². The van der Waals surface area contributed by atoms with E-state index in [1.165, 1.54) is 6.21 Å². The number of hydrogen-bond acceptors (Lipinski definition) is 4. The first-order valence-electron chi connectivity index (χ1n) is 7.50. The monoisotopic (exact) mass is 398 g/mol. The van der Waals surface area contributed by atoms with Crippen molar-refractivity contribution >= 4 is 28.1 Å². The number of carbonyl (C=O) groups excluding carboxylic acids is 1. The Morgan fingerprint density at radius 2 is 2.16 bits per heavy atom. The lowest BCUT2D eigenvalue weighted by atomic mass is 10.1. The van der Waals surface area contributed by atoms with Gasteiger partial charge in [-0.2, -0.15) is 10.2 Å². The van der Waals surface area contributed by atoms with Crippen LogP contribution in [0.4, 0.5) is 0 Å². The molecule has 126 valence electrons. The molecule has 3 aromatic rings. The number of phenolic OH excluding ortho intramolecular Hbond substituents is 1. The average molecular weight is 399 g/mol. The van der Waals surface area contributed by atoms with Crippen molar-refractivity contribution in [3.8, 4) is 5.75 Å². The van der Waals surface area contributed by atoms with Gasteiger partial charge in [0.25, 0.3) is 5.91 Å². The molecule has 0 spiro atoms.